The molecule has 54 valence electrons. The van der Waals surface area contributed by atoms with Crippen LogP contribution in [0.4, 0.5) is 4.39 Å². The number of carbonyl (C=O) groups excluding carboxylic acids is 1. The summed E-state index contributed by atoms with van der Waals surface area (Å²) in [6.45, 7) is 0.895. The summed E-state index contributed by atoms with van der Waals surface area (Å²) < 4.78 is 32.4. The van der Waals surface area contributed by atoms with Gasteiger partial charge in [-0.1, -0.05) is 0 Å². The molecule has 0 aromatic heterocycles. The van der Waals surface area contributed by atoms with Crippen LogP contribution in [0.2, 0.25) is 0 Å². The van der Waals surface area contributed by atoms with Crippen molar-refractivity contribution in [2.24, 2.45) is 0 Å². The molecule has 0 aromatic carbocycles. The number of alkyl halides is 1. The number of carbonyl (C=O) groups is 1. The first-order valence-corrected chi connectivity index (χ1v) is 4.14. The van der Waals surface area contributed by atoms with Gasteiger partial charge >= 0.3 is 0 Å². The van der Waals surface area contributed by atoms with Crippen molar-refractivity contribution in [3.05, 3.63) is 0 Å². The molecule has 9 heavy (non-hydrogen) atoms. The second-order valence-corrected chi connectivity index (χ2v) is 3.83. The standard InChI is InChI=1S/C4H7FO3S/c1-3(6)4(5)9(2,7)8/h4H,1-2H3. The molecule has 0 fully saturated rings. The van der Waals surface area contributed by atoms with E-state index in [0.29, 0.717) is 6.26 Å². The van der Waals surface area contributed by atoms with Gasteiger partial charge in [-0.3, -0.25) is 4.79 Å². The summed E-state index contributed by atoms with van der Waals surface area (Å²) in [5, 5.41) is 0. The van der Waals surface area contributed by atoms with E-state index in [4.69, 9.17) is 0 Å². The number of sulfone groups is 1. The van der Waals surface area contributed by atoms with Crippen LogP contribution in [0.1, 0.15) is 6.92 Å². The van der Waals surface area contributed by atoms with Crippen LogP contribution in [0, 0.1) is 0 Å². The van der Waals surface area contributed by atoms with E-state index in [2.05, 4.69) is 0 Å². The summed E-state index contributed by atoms with van der Waals surface area (Å²) in [6, 6.07) is 0. The van der Waals surface area contributed by atoms with Crippen LogP contribution >= 0.6 is 0 Å². The summed E-state index contributed by atoms with van der Waals surface area (Å²) >= 11 is 0. The van der Waals surface area contributed by atoms with Crippen molar-refractivity contribution >= 4 is 15.6 Å². The number of ketones is 1. The minimum absolute atomic E-state index is 0.680. The first kappa shape index (κ1) is 8.55. The fraction of sp³-hybridized carbons (Fsp3) is 0.750. The fourth-order valence-corrected chi connectivity index (χ4v) is 0.904. The van der Waals surface area contributed by atoms with E-state index in [-0.39, 0.29) is 0 Å². The number of hydrogen-bond donors (Lipinski definition) is 0. The highest BCUT2D eigenvalue weighted by molar-refractivity contribution is 7.91. The highest BCUT2D eigenvalue weighted by Gasteiger charge is 2.23. The van der Waals surface area contributed by atoms with E-state index >= 15 is 0 Å². The predicted molar refractivity (Wildman–Crippen MR) is 30.4 cm³/mol. The van der Waals surface area contributed by atoms with Crippen LogP contribution in [0.15, 0.2) is 0 Å². The molecule has 5 heteroatoms. The predicted octanol–water partition coefficient (Wildman–Crippen LogP) is -0.0844. The van der Waals surface area contributed by atoms with Gasteiger partial charge in [-0.25, -0.2) is 12.8 Å². The zero-order valence-corrected chi connectivity index (χ0v) is 5.90. The monoisotopic (exact) mass is 154 g/mol. The number of rotatable bonds is 2. The Labute approximate surface area is 52.8 Å². The molecule has 0 aromatic rings. The van der Waals surface area contributed by atoms with Crippen molar-refractivity contribution in [2.45, 2.75) is 12.4 Å². The normalized spacial score (nSPS) is 15.0. The zero-order chi connectivity index (χ0) is 7.65. The largest absolute Gasteiger partial charge is 0.296 e. The number of halogens is 1. The third-order valence-corrected chi connectivity index (χ3v) is 1.78. The first-order chi connectivity index (χ1) is 3.85. The van der Waals surface area contributed by atoms with Crippen LogP contribution in [-0.4, -0.2) is 26.0 Å². The maximum atomic E-state index is 12.1. The third-order valence-electron chi connectivity index (χ3n) is 0.696. The number of hydrogen-bond acceptors (Lipinski definition) is 3. The second-order valence-electron chi connectivity index (χ2n) is 1.76. The van der Waals surface area contributed by atoms with E-state index in [1.165, 1.54) is 0 Å². The molecule has 0 saturated heterocycles. The minimum atomic E-state index is -3.82. The minimum Gasteiger partial charge on any atom is -0.296 e. The Bertz CT molecular complexity index is 206. The summed E-state index contributed by atoms with van der Waals surface area (Å²) in [6.07, 6.45) is 0.680. The number of Topliss-reactive ketones (excluding diaryl/α,β-unsaturated/α-hetero) is 1. The van der Waals surface area contributed by atoms with Gasteiger partial charge in [0.25, 0.3) is 5.50 Å². The summed E-state index contributed by atoms with van der Waals surface area (Å²) in [5.74, 6) is -0.975. The van der Waals surface area contributed by atoms with Gasteiger partial charge < -0.3 is 0 Å². The van der Waals surface area contributed by atoms with Crippen molar-refractivity contribution in [1.82, 2.24) is 0 Å². The summed E-state index contributed by atoms with van der Waals surface area (Å²) in [4.78, 5) is 10.0. The van der Waals surface area contributed by atoms with E-state index in [1.54, 1.807) is 0 Å². The van der Waals surface area contributed by atoms with Crippen LogP contribution in [0.5, 0.6) is 0 Å². The van der Waals surface area contributed by atoms with Gasteiger partial charge in [-0.2, -0.15) is 0 Å². The Morgan fingerprint density at radius 3 is 1.89 bits per heavy atom. The fourth-order valence-electron chi connectivity index (χ4n) is 0.301. The molecule has 0 bridgehead atoms. The molecule has 0 aliphatic heterocycles. The Morgan fingerprint density at radius 1 is 1.56 bits per heavy atom. The van der Waals surface area contributed by atoms with Gasteiger partial charge in [0.15, 0.2) is 15.6 Å². The topological polar surface area (TPSA) is 51.2 Å². The van der Waals surface area contributed by atoms with Crippen LogP contribution in [-0.2, 0) is 14.6 Å². The van der Waals surface area contributed by atoms with Gasteiger partial charge in [0, 0.05) is 6.26 Å². The van der Waals surface area contributed by atoms with Gasteiger partial charge in [-0.15, -0.1) is 0 Å². The average molecular weight is 154 g/mol. The molecule has 0 rings (SSSR count). The Kier molecular flexibility index (Phi) is 2.31. The SMILES string of the molecule is CC(=O)C(F)S(C)(=O)=O. The lowest BCUT2D eigenvalue weighted by Crippen LogP contribution is -2.21. The quantitative estimate of drug-likeness (QED) is 0.558. The average Bonchev–Trinajstić information content (AvgIpc) is 1.62. The molecule has 0 spiro atoms. The van der Waals surface area contributed by atoms with E-state index in [0.717, 1.165) is 6.92 Å². The van der Waals surface area contributed by atoms with Crippen molar-refractivity contribution in [2.75, 3.05) is 6.26 Å². The van der Waals surface area contributed by atoms with E-state index in [9.17, 15) is 17.6 Å². The summed E-state index contributed by atoms with van der Waals surface area (Å²) in [7, 11) is -3.82. The summed E-state index contributed by atoms with van der Waals surface area (Å²) in [5.41, 5.74) is -2.35. The first-order valence-electron chi connectivity index (χ1n) is 2.19. The molecule has 0 N–H and O–H groups in total. The lowest BCUT2D eigenvalue weighted by molar-refractivity contribution is -0.119. The van der Waals surface area contributed by atoms with Gasteiger partial charge in [0.2, 0.25) is 0 Å². The van der Waals surface area contributed by atoms with Crippen LogP contribution in [0.25, 0.3) is 0 Å². The highest BCUT2D eigenvalue weighted by atomic mass is 32.2. The maximum Gasteiger partial charge on any atom is 0.257 e. The van der Waals surface area contributed by atoms with E-state index in [1.807, 2.05) is 0 Å². The maximum absolute atomic E-state index is 12.1. The van der Waals surface area contributed by atoms with Crippen molar-refractivity contribution < 1.29 is 17.6 Å². The molecule has 1 atom stereocenters. The molecule has 0 radical (unpaired) electrons. The third kappa shape index (κ3) is 2.55. The Hall–Kier alpha value is -0.450. The molecule has 0 saturated carbocycles. The van der Waals surface area contributed by atoms with Crippen molar-refractivity contribution in [3.8, 4) is 0 Å². The molecule has 0 aliphatic carbocycles. The lowest BCUT2D eigenvalue weighted by atomic mass is 10.5. The van der Waals surface area contributed by atoms with E-state index < -0.39 is 21.1 Å². The van der Waals surface area contributed by atoms with Crippen molar-refractivity contribution in [3.63, 3.8) is 0 Å². The Morgan fingerprint density at radius 2 is 1.89 bits per heavy atom. The van der Waals surface area contributed by atoms with Gasteiger partial charge in [0.05, 0.1) is 0 Å². The molecule has 1 unspecified atom stereocenters. The molecular formula is C4H7FO3S. The van der Waals surface area contributed by atoms with Crippen LogP contribution < -0.4 is 0 Å². The van der Waals surface area contributed by atoms with Gasteiger partial charge in [-0.05, 0) is 6.92 Å². The molecule has 0 amide bonds. The van der Waals surface area contributed by atoms with Gasteiger partial charge in [0.1, 0.15) is 0 Å². The second kappa shape index (κ2) is 2.43. The smallest absolute Gasteiger partial charge is 0.257 e. The molecular weight excluding hydrogens is 147 g/mol. The van der Waals surface area contributed by atoms with Crippen molar-refractivity contribution in [1.29, 1.82) is 0 Å². The molecule has 3 nitrogen and oxygen atoms in total. The zero-order valence-electron chi connectivity index (χ0n) is 5.09. The molecule has 0 aliphatic rings. The Balaban J connectivity index is 4.43. The van der Waals surface area contributed by atoms with Crippen LogP contribution in [0.3, 0.4) is 0 Å². The highest BCUT2D eigenvalue weighted by Crippen LogP contribution is 2.00. The lowest BCUT2D eigenvalue weighted by Gasteiger charge is -1.97. The molecule has 0 heterocycles.